The highest BCUT2D eigenvalue weighted by molar-refractivity contribution is 7.71. The van der Waals surface area contributed by atoms with Crippen molar-refractivity contribution in [3.05, 3.63) is 28.5 Å². The molecule has 1 aromatic heterocycles. The first-order valence-electron chi connectivity index (χ1n) is 4.78. The molecule has 1 aromatic rings. The van der Waals surface area contributed by atoms with Crippen LogP contribution in [0.3, 0.4) is 0 Å². The van der Waals surface area contributed by atoms with Crippen LogP contribution >= 0.6 is 12.2 Å². The zero-order valence-corrected chi connectivity index (χ0v) is 8.36. The summed E-state index contributed by atoms with van der Waals surface area (Å²) in [4.78, 5) is 3.07. The van der Waals surface area contributed by atoms with Gasteiger partial charge in [0.1, 0.15) is 4.64 Å². The summed E-state index contributed by atoms with van der Waals surface area (Å²) < 4.78 is 0.805. The van der Waals surface area contributed by atoms with Crippen LogP contribution in [0.25, 0.3) is 0 Å². The number of aromatic nitrogens is 1. The summed E-state index contributed by atoms with van der Waals surface area (Å²) in [6, 6.07) is 4.60. The highest BCUT2D eigenvalue weighted by Gasteiger charge is 2.13. The van der Waals surface area contributed by atoms with Gasteiger partial charge in [-0.05, 0) is 31.0 Å². The zero-order valence-electron chi connectivity index (χ0n) is 7.55. The number of piperidine rings is 1. The smallest absolute Gasteiger partial charge is 0.103 e. The molecule has 0 aromatic carbocycles. The lowest BCUT2D eigenvalue weighted by molar-refractivity contribution is 0.411. The van der Waals surface area contributed by atoms with E-state index in [2.05, 4.69) is 16.4 Å². The van der Waals surface area contributed by atoms with E-state index in [4.69, 9.17) is 12.2 Å². The lowest BCUT2D eigenvalue weighted by atomic mass is 9.99. The molecular weight excluding hydrogens is 180 g/mol. The number of pyridine rings is 1. The molecule has 1 fully saturated rings. The van der Waals surface area contributed by atoms with Crippen molar-refractivity contribution < 1.29 is 0 Å². The Balaban J connectivity index is 2.14. The van der Waals surface area contributed by atoms with E-state index in [-0.39, 0.29) is 0 Å². The lowest BCUT2D eigenvalue weighted by Gasteiger charge is -2.23. The molecule has 0 radical (unpaired) electrons. The van der Waals surface area contributed by atoms with E-state index >= 15 is 0 Å². The maximum Gasteiger partial charge on any atom is 0.103 e. The highest BCUT2D eigenvalue weighted by atomic mass is 32.1. The normalized spacial score (nSPS) is 22.9. The molecule has 1 aliphatic heterocycles. The fourth-order valence-corrected chi connectivity index (χ4v) is 1.90. The van der Waals surface area contributed by atoms with Crippen LogP contribution in [0.15, 0.2) is 18.3 Å². The molecule has 0 amide bonds. The Labute approximate surface area is 83.4 Å². The van der Waals surface area contributed by atoms with Gasteiger partial charge in [0.25, 0.3) is 0 Å². The predicted octanol–water partition coefficient (Wildman–Crippen LogP) is 2.56. The van der Waals surface area contributed by atoms with E-state index in [1.807, 2.05) is 12.3 Å². The van der Waals surface area contributed by atoms with Gasteiger partial charge >= 0.3 is 0 Å². The molecule has 2 heterocycles. The number of rotatable bonds is 1. The average molecular weight is 194 g/mol. The van der Waals surface area contributed by atoms with E-state index in [0.29, 0.717) is 6.04 Å². The molecule has 3 heteroatoms. The minimum atomic E-state index is 0.528. The van der Waals surface area contributed by atoms with E-state index in [1.54, 1.807) is 0 Å². The second kappa shape index (κ2) is 4.03. The van der Waals surface area contributed by atoms with Crippen molar-refractivity contribution in [3.63, 3.8) is 0 Å². The second-order valence-electron chi connectivity index (χ2n) is 3.49. The standard InChI is InChI=1S/C10H14N2S/c13-10-5-4-8(7-12-10)9-3-1-2-6-11-9/h4-5,7,9,11H,1-3,6H2,(H,12,13)/t9-/m1/s1. The number of nitrogens with one attached hydrogen (secondary N) is 2. The number of H-pyrrole nitrogens is 1. The summed E-state index contributed by atoms with van der Waals surface area (Å²) in [6.45, 7) is 1.14. The summed E-state index contributed by atoms with van der Waals surface area (Å²) in [7, 11) is 0. The molecule has 1 atom stereocenters. The average Bonchev–Trinajstić information content (AvgIpc) is 2.20. The van der Waals surface area contributed by atoms with Gasteiger partial charge in [-0.3, -0.25) is 0 Å². The minimum Gasteiger partial charge on any atom is -0.353 e. The van der Waals surface area contributed by atoms with Crippen LogP contribution in [0.2, 0.25) is 0 Å². The van der Waals surface area contributed by atoms with Crippen LogP contribution in [-0.2, 0) is 0 Å². The molecule has 1 aliphatic rings. The van der Waals surface area contributed by atoms with E-state index < -0.39 is 0 Å². The Kier molecular flexibility index (Phi) is 2.76. The number of hydrogen-bond acceptors (Lipinski definition) is 2. The van der Waals surface area contributed by atoms with Crippen LogP contribution in [0.4, 0.5) is 0 Å². The zero-order chi connectivity index (χ0) is 9.10. The number of aromatic amines is 1. The van der Waals surface area contributed by atoms with Crippen LogP contribution < -0.4 is 5.32 Å². The first kappa shape index (κ1) is 8.91. The van der Waals surface area contributed by atoms with Crippen LogP contribution in [-0.4, -0.2) is 11.5 Å². The second-order valence-corrected chi connectivity index (χ2v) is 3.93. The van der Waals surface area contributed by atoms with Crippen LogP contribution in [0, 0.1) is 4.64 Å². The molecule has 0 aliphatic carbocycles. The fraction of sp³-hybridized carbons (Fsp3) is 0.500. The maximum atomic E-state index is 5.00. The Bertz CT molecular complexity index is 305. The van der Waals surface area contributed by atoms with Crippen molar-refractivity contribution in [3.8, 4) is 0 Å². The third-order valence-corrected chi connectivity index (χ3v) is 2.77. The fourth-order valence-electron chi connectivity index (χ4n) is 1.78. The maximum absolute atomic E-state index is 5.00. The lowest BCUT2D eigenvalue weighted by Crippen LogP contribution is -2.26. The minimum absolute atomic E-state index is 0.528. The summed E-state index contributed by atoms with van der Waals surface area (Å²) >= 11 is 5.00. The molecule has 0 bridgehead atoms. The molecule has 2 N–H and O–H groups in total. The van der Waals surface area contributed by atoms with Crippen LogP contribution in [0.5, 0.6) is 0 Å². The first-order chi connectivity index (χ1) is 6.36. The van der Waals surface area contributed by atoms with E-state index in [0.717, 1.165) is 11.2 Å². The highest BCUT2D eigenvalue weighted by Crippen LogP contribution is 2.21. The Morgan fingerprint density at radius 2 is 2.23 bits per heavy atom. The van der Waals surface area contributed by atoms with E-state index in [1.165, 1.54) is 24.8 Å². The molecule has 0 unspecified atom stereocenters. The molecule has 13 heavy (non-hydrogen) atoms. The van der Waals surface area contributed by atoms with Crippen molar-refractivity contribution in [2.24, 2.45) is 0 Å². The van der Waals surface area contributed by atoms with Crippen molar-refractivity contribution in [1.29, 1.82) is 0 Å². The van der Waals surface area contributed by atoms with Gasteiger partial charge in [-0.1, -0.05) is 24.7 Å². The molecule has 1 saturated heterocycles. The summed E-state index contributed by atoms with van der Waals surface area (Å²) in [6.07, 6.45) is 5.89. The Morgan fingerprint density at radius 3 is 2.85 bits per heavy atom. The first-order valence-corrected chi connectivity index (χ1v) is 5.19. The molecule has 70 valence electrons. The van der Waals surface area contributed by atoms with Crippen molar-refractivity contribution in [2.75, 3.05) is 6.54 Å². The van der Waals surface area contributed by atoms with Crippen molar-refractivity contribution in [1.82, 2.24) is 10.3 Å². The summed E-state index contributed by atoms with van der Waals surface area (Å²) in [5.74, 6) is 0. The monoisotopic (exact) mass is 194 g/mol. The van der Waals surface area contributed by atoms with Gasteiger partial charge < -0.3 is 10.3 Å². The Hall–Kier alpha value is -0.670. The molecule has 2 nitrogen and oxygen atoms in total. The summed E-state index contributed by atoms with van der Waals surface area (Å²) in [5, 5.41) is 3.50. The summed E-state index contributed by atoms with van der Waals surface area (Å²) in [5.41, 5.74) is 1.33. The Morgan fingerprint density at radius 1 is 1.31 bits per heavy atom. The van der Waals surface area contributed by atoms with Gasteiger partial charge in [-0.2, -0.15) is 0 Å². The molecule has 0 spiro atoms. The molecule has 0 saturated carbocycles. The number of hydrogen-bond donors (Lipinski definition) is 2. The molecule has 2 rings (SSSR count). The van der Waals surface area contributed by atoms with Gasteiger partial charge in [0.05, 0.1) is 0 Å². The largest absolute Gasteiger partial charge is 0.353 e. The topological polar surface area (TPSA) is 27.8 Å². The van der Waals surface area contributed by atoms with Gasteiger partial charge in [-0.25, -0.2) is 0 Å². The van der Waals surface area contributed by atoms with Gasteiger partial charge in [0.2, 0.25) is 0 Å². The SMILES string of the molecule is S=c1ccc([C@H]2CCCCN2)c[nH]1. The van der Waals surface area contributed by atoms with Gasteiger partial charge in [0, 0.05) is 12.2 Å². The predicted molar refractivity (Wildman–Crippen MR) is 56.2 cm³/mol. The van der Waals surface area contributed by atoms with Gasteiger partial charge in [-0.15, -0.1) is 0 Å². The van der Waals surface area contributed by atoms with Crippen molar-refractivity contribution in [2.45, 2.75) is 25.3 Å². The quantitative estimate of drug-likeness (QED) is 0.672. The third kappa shape index (κ3) is 2.17. The third-order valence-electron chi connectivity index (χ3n) is 2.52. The van der Waals surface area contributed by atoms with E-state index in [9.17, 15) is 0 Å². The van der Waals surface area contributed by atoms with Gasteiger partial charge in [0.15, 0.2) is 0 Å². The van der Waals surface area contributed by atoms with Crippen LogP contribution in [0.1, 0.15) is 30.9 Å². The molecular formula is C10H14N2S. The van der Waals surface area contributed by atoms with Crippen molar-refractivity contribution >= 4 is 12.2 Å².